The molecule has 1 amide bonds. The van der Waals surface area contributed by atoms with Gasteiger partial charge in [-0.15, -0.1) is 10.2 Å². The molecule has 2 heterocycles. The van der Waals surface area contributed by atoms with Crippen molar-refractivity contribution >= 4 is 17.7 Å². The van der Waals surface area contributed by atoms with E-state index in [4.69, 9.17) is 4.42 Å². The third-order valence-electron chi connectivity index (χ3n) is 4.11. The Labute approximate surface area is 140 Å². The van der Waals surface area contributed by atoms with Crippen LogP contribution in [0.5, 0.6) is 0 Å². The van der Waals surface area contributed by atoms with Crippen LogP contribution in [-0.2, 0) is 4.79 Å². The van der Waals surface area contributed by atoms with Gasteiger partial charge in [0.15, 0.2) is 0 Å². The Kier molecular flexibility index (Phi) is 5.00. The van der Waals surface area contributed by atoms with E-state index >= 15 is 0 Å². The normalized spacial score (nSPS) is 18.2. The van der Waals surface area contributed by atoms with E-state index in [1.165, 1.54) is 18.2 Å². The Hall–Kier alpha value is -1.82. The number of aromatic nitrogens is 2. The lowest BCUT2D eigenvalue weighted by atomic mass is 10.0. The van der Waals surface area contributed by atoms with Gasteiger partial charge in [-0.05, 0) is 37.3 Å². The molecule has 0 bridgehead atoms. The predicted molar refractivity (Wildman–Crippen MR) is 90.2 cm³/mol. The fourth-order valence-corrected chi connectivity index (χ4v) is 3.49. The number of rotatable bonds is 4. The van der Waals surface area contributed by atoms with Crippen LogP contribution in [0.4, 0.5) is 0 Å². The number of hydrogen-bond donors (Lipinski definition) is 0. The van der Waals surface area contributed by atoms with E-state index in [1.54, 1.807) is 0 Å². The van der Waals surface area contributed by atoms with Crippen molar-refractivity contribution in [2.24, 2.45) is 5.92 Å². The number of aryl methyl sites for hydroxylation is 1. The number of carbonyl (C=O) groups is 1. The molecule has 1 aliphatic heterocycles. The zero-order valence-corrected chi connectivity index (χ0v) is 14.3. The summed E-state index contributed by atoms with van der Waals surface area (Å²) in [6.07, 6.45) is 2.30. The summed E-state index contributed by atoms with van der Waals surface area (Å²) in [6, 6.07) is 7.88. The van der Waals surface area contributed by atoms with Gasteiger partial charge in [-0.25, -0.2) is 0 Å². The minimum Gasteiger partial charge on any atom is -0.411 e. The van der Waals surface area contributed by atoms with E-state index in [-0.39, 0.29) is 5.91 Å². The third-order valence-corrected chi connectivity index (χ3v) is 4.91. The Balaban J connectivity index is 1.59. The molecule has 122 valence electrons. The molecule has 5 nitrogen and oxygen atoms in total. The molecule has 1 fully saturated rings. The van der Waals surface area contributed by atoms with Crippen LogP contribution in [-0.4, -0.2) is 39.8 Å². The molecule has 1 aromatic carbocycles. The SMILES string of the molecule is Cc1ccccc1-c1nnc(SCC(=O)N2CCC[C@H](C)C2)o1. The van der Waals surface area contributed by atoms with E-state index in [9.17, 15) is 4.79 Å². The van der Waals surface area contributed by atoms with Crippen LogP contribution in [0.1, 0.15) is 25.3 Å². The summed E-state index contributed by atoms with van der Waals surface area (Å²) in [6.45, 7) is 5.92. The van der Waals surface area contributed by atoms with Gasteiger partial charge in [0.05, 0.1) is 5.75 Å². The summed E-state index contributed by atoms with van der Waals surface area (Å²) < 4.78 is 5.68. The van der Waals surface area contributed by atoms with Crippen molar-refractivity contribution in [2.75, 3.05) is 18.8 Å². The summed E-state index contributed by atoms with van der Waals surface area (Å²) in [5.41, 5.74) is 2.02. The Morgan fingerprint density at radius 3 is 3.00 bits per heavy atom. The summed E-state index contributed by atoms with van der Waals surface area (Å²) in [5, 5.41) is 8.57. The van der Waals surface area contributed by atoms with Gasteiger partial charge in [-0.2, -0.15) is 0 Å². The minimum absolute atomic E-state index is 0.150. The molecule has 1 aromatic heterocycles. The monoisotopic (exact) mass is 331 g/mol. The first kappa shape index (κ1) is 16.1. The maximum absolute atomic E-state index is 12.3. The van der Waals surface area contributed by atoms with Crippen LogP contribution in [0.3, 0.4) is 0 Å². The lowest BCUT2D eigenvalue weighted by Crippen LogP contribution is -2.40. The van der Waals surface area contributed by atoms with Crippen molar-refractivity contribution in [3.63, 3.8) is 0 Å². The van der Waals surface area contributed by atoms with Crippen LogP contribution in [0.2, 0.25) is 0 Å². The molecule has 0 N–H and O–H groups in total. The zero-order chi connectivity index (χ0) is 16.2. The van der Waals surface area contributed by atoms with Gasteiger partial charge in [0.1, 0.15) is 0 Å². The van der Waals surface area contributed by atoms with Crippen molar-refractivity contribution in [3.8, 4) is 11.5 Å². The van der Waals surface area contributed by atoms with E-state index in [0.717, 1.165) is 30.6 Å². The summed E-state index contributed by atoms with van der Waals surface area (Å²) in [5.74, 6) is 1.60. The molecule has 0 spiro atoms. The molecular weight excluding hydrogens is 310 g/mol. The van der Waals surface area contributed by atoms with Gasteiger partial charge in [0.25, 0.3) is 5.22 Å². The van der Waals surface area contributed by atoms with E-state index in [0.29, 0.717) is 22.8 Å². The van der Waals surface area contributed by atoms with Gasteiger partial charge in [-0.3, -0.25) is 4.79 Å². The number of hydrogen-bond acceptors (Lipinski definition) is 5. The highest BCUT2D eigenvalue weighted by molar-refractivity contribution is 7.99. The Morgan fingerprint density at radius 1 is 1.39 bits per heavy atom. The molecule has 1 aliphatic rings. The first-order chi connectivity index (χ1) is 11.1. The van der Waals surface area contributed by atoms with Gasteiger partial charge in [-0.1, -0.05) is 36.9 Å². The van der Waals surface area contributed by atoms with Crippen LogP contribution in [0, 0.1) is 12.8 Å². The average Bonchev–Trinajstić information content (AvgIpc) is 3.02. The molecule has 2 aromatic rings. The summed E-state index contributed by atoms with van der Waals surface area (Å²) in [7, 11) is 0. The first-order valence-electron chi connectivity index (χ1n) is 7.93. The molecule has 6 heteroatoms. The molecule has 0 radical (unpaired) electrons. The topological polar surface area (TPSA) is 59.2 Å². The van der Waals surface area contributed by atoms with Crippen molar-refractivity contribution < 1.29 is 9.21 Å². The van der Waals surface area contributed by atoms with Gasteiger partial charge in [0.2, 0.25) is 11.8 Å². The van der Waals surface area contributed by atoms with E-state index in [1.807, 2.05) is 36.1 Å². The van der Waals surface area contributed by atoms with Crippen LogP contribution in [0.25, 0.3) is 11.5 Å². The quantitative estimate of drug-likeness (QED) is 0.804. The number of likely N-dealkylation sites (tertiary alicyclic amines) is 1. The second kappa shape index (κ2) is 7.17. The molecule has 0 aliphatic carbocycles. The highest BCUT2D eigenvalue weighted by Gasteiger charge is 2.21. The maximum atomic E-state index is 12.3. The number of piperidine rings is 1. The molecule has 23 heavy (non-hydrogen) atoms. The van der Waals surface area contributed by atoms with E-state index in [2.05, 4.69) is 17.1 Å². The Bertz CT molecular complexity index is 686. The van der Waals surface area contributed by atoms with Crippen molar-refractivity contribution in [3.05, 3.63) is 29.8 Å². The predicted octanol–water partition coefficient (Wildman–Crippen LogP) is 3.40. The first-order valence-corrected chi connectivity index (χ1v) is 8.92. The standard InChI is InChI=1S/C17H21N3O2S/c1-12-6-5-9-20(10-12)15(21)11-23-17-19-18-16(22-17)14-8-4-3-7-13(14)2/h3-4,7-8,12H,5-6,9-11H2,1-2H3/t12-/m0/s1. The minimum atomic E-state index is 0.150. The molecule has 3 rings (SSSR count). The molecule has 1 atom stereocenters. The van der Waals surface area contributed by atoms with Crippen LogP contribution >= 0.6 is 11.8 Å². The van der Waals surface area contributed by atoms with Crippen LogP contribution in [0.15, 0.2) is 33.9 Å². The van der Waals surface area contributed by atoms with Crippen molar-refractivity contribution in [2.45, 2.75) is 31.9 Å². The highest BCUT2D eigenvalue weighted by Crippen LogP contribution is 2.26. The zero-order valence-electron chi connectivity index (χ0n) is 13.5. The molecule has 1 saturated heterocycles. The summed E-state index contributed by atoms with van der Waals surface area (Å²) >= 11 is 1.31. The lowest BCUT2D eigenvalue weighted by molar-refractivity contribution is -0.130. The fourth-order valence-electron chi connectivity index (χ4n) is 2.82. The number of benzene rings is 1. The van der Waals surface area contributed by atoms with Gasteiger partial charge < -0.3 is 9.32 Å². The van der Waals surface area contributed by atoms with Gasteiger partial charge in [0, 0.05) is 18.7 Å². The second-order valence-electron chi connectivity index (χ2n) is 6.06. The van der Waals surface area contributed by atoms with E-state index < -0.39 is 0 Å². The number of carbonyl (C=O) groups excluding carboxylic acids is 1. The molecular formula is C17H21N3O2S. The Morgan fingerprint density at radius 2 is 2.22 bits per heavy atom. The number of amides is 1. The molecule has 0 unspecified atom stereocenters. The highest BCUT2D eigenvalue weighted by atomic mass is 32.2. The van der Waals surface area contributed by atoms with Crippen LogP contribution < -0.4 is 0 Å². The van der Waals surface area contributed by atoms with Gasteiger partial charge >= 0.3 is 0 Å². The molecule has 0 saturated carbocycles. The maximum Gasteiger partial charge on any atom is 0.277 e. The smallest absolute Gasteiger partial charge is 0.277 e. The number of nitrogens with zero attached hydrogens (tertiary/aromatic N) is 3. The lowest BCUT2D eigenvalue weighted by Gasteiger charge is -2.30. The second-order valence-corrected chi connectivity index (χ2v) is 6.99. The largest absolute Gasteiger partial charge is 0.411 e. The average molecular weight is 331 g/mol. The van der Waals surface area contributed by atoms with Crippen molar-refractivity contribution in [1.29, 1.82) is 0 Å². The fraction of sp³-hybridized carbons (Fsp3) is 0.471. The van der Waals surface area contributed by atoms with Crippen molar-refractivity contribution in [1.82, 2.24) is 15.1 Å². The third kappa shape index (κ3) is 3.93. The number of thioether (sulfide) groups is 1. The summed E-state index contributed by atoms with van der Waals surface area (Å²) in [4.78, 5) is 14.2.